The molecule has 0 saturated carbocycles. The third-order valence-corrected chi connectivity index (χ3v) is 2.34. The van der Waals surface area contributed by atoms with Crippen molar-refractivity contribution in [2.45, 2.75) is 12.5 Å². The van der Waals surface area contributed by atoms with Crippen molar-refractivity contribution in [3.63, 3.8) is 0 Å². The number of amides is 2. The van der Waals surface area contributed by atoms with Crippen LogP contribution in [-0.2, 0) is 16.0 Å². The van der Waals surface area contributed by atoms with Gasteiger partial charge in [0.05, 0.1) is 6.42 Å². The van der Waals surface area contributed by atoms with Crippen molar-refractivity contribution in [3.8, 4) is 0 Å². The quantitative estimate of drug-likeness (QED) is 0.672. The van der Waals surface area contributed by atoms with E-state index in [2.05, 4.69) is 10.6 Å². The molecule has 2 N–H and O–H groups in total. The molecule has 1 aromatic rings. The summed E-state index contributed by atoms with van der Waals surface area (Å²) in [4.78, 5) is 22.4. The van der Waals surface area contributed by atoms with Gasteiger partial charge in [-0.05, 0) is 5.56 Å². The molecule has 1 saturated heterocycles. The maximum Gasteiger partial charge on any atom is 0.244 e. The highest BCUT2D eigenvalue weighted by Gasteiger charge is 2.28. The lowest BCUT2D eigenvalue weighted by molar-refractivity contribution is -0.133. The Kier molecular flexibility index (Phi) is 2.67. The molecular weight excluding hydrogens is 192 g/mol. The summed E-state index contributed by atoms with van der Waals surface area (Å²) in [6.07, 6.45) is 0.324. The fourth-order valence-corrected chi connectivity index (χ4v) is 1.43. The summed E-state index contributed by atoms with van der Waals surface area (Å²) in [5, 5.41) is 5.24. The van der Waals surface area contributed by atoms with Crippen molar-refractivity contribution in [3.05, 3.63) is 35.9 Å². The average molecular weight is 204 g/mol. The lowest BCUT2D eigenvalue weighted by Crippen LogP contribution is -2.61. The normalized spacial score (nSPS) is 18.9. The lowest BCUT2D eigenvalue weighted by Gasteiger charge is -2.26. The fraction of sp³-hybridized carbons (Fsp3) is 0.273. The van der Waals surface area contributed by atoms with Crippen LogP contribution in [0.15, 0.2) is 30.3 Å². The third-order valence-electron chi connectivity index (χ3n) is 2.34. The number of carbonyl (C=O) groups is 2. The van der Waals surface area contributed by atoms with Gasteiger partial charge in [-0.15, -0.1) is 0 Å². The lowest BCUT2D eigenvalue weighted by atomic mass is 10.1. The Morgan fingerprint density at radius 1 is 1.40 bits per heavy atom. The molecule has 78 valence electrons. The molecule has 1 aliphatic heterocycles. The monoisotopic (exact) mass is 204 g/mol. The first-order valence-corrected chi connectivity index (χ1v) is 4.87. The topological polar surface area (TPSA) is 58.2 Å². The average Bonchev–Trinajstić information content (AvgIpc) is 2.25. The minimum atomic E-state index is -0.332. The summed E-state index contributed by atoms with van der Waals surface area (Å²) in [7, 11) is 0. The van der Waals surface area contributed by atoms with Gasteiger partial charge in [0, 0.05) is 6.54 Å². The zero-order chi connectivity index (χ0) is 10.7. The first-order valence-electron chi connectivity index (χ1n) is 4.87. The van der Waals surface area contributed by atoms with Crippen LogP contribution in [0.2, 0.25) is 0 Å². The second-order valence-electron chi connectivity index (χ2n) is 3.53. The zero-order valence-electron chi connectivity index (χ0n) is 8.19. The smallest absolute Gasteiger partial charge is 0.244 e. The summed E-state index contributed by atoms with van der Waals surface area (Å²) in [6.45, 7) is 0.541. The minimum Gasteiger partial charge on any atom is -0.352 e. The largest absolute Gasteiger partial charge is 0.352 e. The Balaban J connectivity index is 1.85. The maximum atomic E-state index is 11.5. The van der Waals surface area contributed by atoms with Crippen molar-refractivity contribution >= 4 is 11.8 Å². The predicted octanol–water partition coefficient (Wildman–Crippen LogP) is -0.156. The molecule has 1 aromatic carbocycles. The van der Waals surface area contributed by atoms with Crippen LogP contribution in [0, 0.1) is 0 Å². The predicted molar refractivity (Wildman–Crippen MR) is 55.1 cm³/mol. The second-order valence-corrected chi connectivity index (χ2v) is 3.53. The highest BCUT2D eigenvalue weighted by molar-refractivity contribution is 5.92. The number of hydrogen-bond acceptors (Lipinski definition) is 2. The van der Waals surface area contributed by atoms with Crippen LogP contribution in [0.1, 0.15) is 5.56 Å². The number of nitrogens with one attached hydrogen (secondary N) is 2. The van der Waals surface area contributed by atoms with Gasteiger partial charge in [-0.25, -0.2) is 0 Å². The van der Waals surface area contributed by atoms with E-state index in [-0.39, 0.29) is 17.9 Å². The summed E-state index contributed by atoms with van der Waals surface area (Å²) in [6, 6.07) is 9.13. The molecule has 0 unspecified atom stereocenters. The van der Waals surface area contributed by atoms with Gasteiger partial charge in [-0.1, -0.05) is 30.3 Å². The summed E-state index contributed by atoms with van der Waals surface area (Å²) < 4.78 is 0. The van der Waals surface area contributed by atoms with Crippen molar-refractivity contribution in [2.75, 3.05) is 6.54 Å². The molecule has 2 amide bonds. The molecule has 0 bridgehead atoms. The van der Waals surface area contributed by atoms with Crippen molar-refractivity contribution < 1.29 is 9.59 Å². The van der Waals surface area contributed by atoms with E-state index in [9.17, 15) is 9.59 Å². The van der Waals surface area contributed by atoms with Gasteiger partial charge in [0.15, 0.2) is 0 Å². The molecule has 1 atom stereocenters. The van der Waals surface area contributed by atoms with Crippen molar-refractivity contribution in [1.29, 1.82) is 0 Å². The van der Waals surface area contributed by atoms with Crippen LogP contribution in [-0.4, -0.2) is 24.4 Å². The highest BCUT2D eigenvalue weighted by Crippen LogP contribution is 2.00. The van der Waals surface area contributed by atoms with Crippen LogP contribution >= 0.6 is 0 Å². The number of benzene rings is 1. The van der Waals surface area contributed by atoms with Gasteiger partial charge in [0.1, 0.15) is 6.04 Å². The number of hydrogen-bond donors (Lipinski definition) is 2. The molecule has 0 spiro atoms. The summed E-state index contributed by atoms with van der Waals surface area (Å²) in [5.41, 5.74) is 0.953. The maximum absolute atomic E-state index is 11.5. The molecule has 15 heavy (non-hydrogen) atoms. The molecule has 0 aromatic heterocycles. The molecule has 2 rings (SSSR count). The highest BCUT2D eigenvalue weighted by atomic mass is 16.2. The molecule has 1 fully saturated rings. The minimum absolute atomic E-state index is 0.101. The Bertz CT molecular complexity index is 375. The first kappa shape index (κ1) is 9.71. The molecule has 1 heterocycles. The summed E-state index contributed by atoms with van der Waals surface area (Å²) in [5.74, 6) is -0.211. The zero-order valence-corrected chi connectivity index (χ0v) is 8.19. The van der Waals surface area contributed by atoms with E-state index >= 15 is 0 Å². The van der Waals surface area contributed by atoms with E-state index in [1.165, 1.54) is 0 Å². The van der Waals surface area contributed by atoms with Gasteiger partial charge in [0.2, 0.25) is 11.8 Å². The molecule has 4 heteroatoms. The number of rotatable bonds is 3. The first-order chi connectivity index (χ1) is 7.25. The van der Waals surface area contributed by atoms with Crippen molar-refractivity contribution in [1.82, 2.24) is 10.6 Å². The molecule has 0 radical (unpaired) electrons. The molecular formula is C11H12N2O2. The standard InChI is InChI=1S/C11H12N2O2/c14-10(13-9-7-12-11(9)15)6-8-4-2-1-3-5-8/h1-5,9H,6-7H2,(H,12,15)(H,13,14)/t9-/m0/s1. The van der Waals surface area contributed by atoms with Crippen LogP contribution in [0.3, 0.4) is 0 Å². The Labute approximate surface area is 87.7 Å². The van der Waals surface area contributed by atoms with Gasteiger partial charge in [0.25, 0.3) is 0 Å². The fourth-order valence-electron chi connectivity index (χ4n) is 1.43. The van der Waals surface area contributed by atoms with E-state index in [0.29, 0.717) is 13.0 Å². The van der Waals surface area contributed by atoms with E-state index in [0.717, 1.165) is 5.56 Å². The van der Waals surface area contributed by atoms with Crippen LogP contribution < -0.4 is 10.6 Å². The SMILES string of the molecule is O=C(Cc1ccccc1)N[C@H]1CNC1=O. The van der Waals surface area contributed by atoms with E-state index in [1.807, 2.05) is 30.3 Å². The Morgan fingerprint density at radius 2 is 2.13 bits per heavy atom. The Morgan fingerprint density at radius 3 is 2.67 bits per heavy atom. The number of carbonyl (C=O) groups excluding carboxylic acids is 2. The van der Waals surface area contributed by atoms with Crippen molar-refractivity contribution in [2.24, 2.45) is 0 Å². The molecule has 0 aliphatic carbocycles. The van der Waals surface area contributed by atoms with Gasteiger partial charge in [-0.2, -0.15) is 0 Å². The molecule has 4 nitrogen and oxygen atoms in total. The third kappa shape index (κ3) is 2.34. The van der Waals surface area contributed by atoms with Crippen LogP contribution in [0.4, 0.5) is 0 Å². The van der Waals surface area contributed by atoms with E-state index in [1.54, 1.807) is 0 Å². The van der Waals surface area contributed by atoms with Gasteiger partial charge >= 0.3 is 0 Å². The van der Waals surface area contributed by atoms with E-state index < -0.39 is 0 Å². The van der Waals surface area contributed by atoms with E-state index in [4.69, 9.17) is 0 Å². The van der Waals surface area contributed by atoms with Gasteiger partial charge < -0.3 is 10.6 Å². The van der Waals surface area contributed by atoms with Gasteiger partial charge in [-0.3, -0.25) is 9.59 Å². The number of β-lactam (4-membered cyclic amide) rings is 1. The van der Waals surface area contributed by atoms with Crippen LogP contribution in [0.5, 0.6) is 0 Å². The molecule has 1 aliphatic rings. The summed E-state index contributed by atoms with van der Waals surface area (Å²) >= 11 is 0. The second kappa shape index (κ2) is 4.13. The Hall–Kier alpha value is -1.84. The van der Waals surface area contributed by atoms with Crippen LogP contribution in [0.25, 0.3) is 0 Å².